The molecule has 0 aliphatic heterocycles. The molecule has 2 aromatic rings. The van der Waals surface area contributed by atoms with Crippen molar-refractivity contribution in [3.8, 4) is 0 Å². The van der Waals surface area contributed by atoms with Gasteiger partial charge in [0, 0.05) is 17.3 Å². The Bertz CT molecular complexity index is 631. The summed E-state index contributed by atoms with van der Waals surface area (Å²) in [5.41, 5.74) is 2.01. The molecular weight excluding hydrogens is 348 g/mol. The highest BCUT2D eigenvalue weighted by Gasteiger charge is 2.23. The van der Waals surface area contributed by atoms with E-state index in [1.807, 2.05) is 6.92 Å². The summed E-state index contributed by atoms with van der Waals surface area (Å²) in [4.78, 5) is 13.9. The number of halogens is 1. The minimum atomic E-state index is -0.0430. The lowest BCUT2D eigenvalue weighted by Crippen LogP contribution is -2.18. The maximum Gasteiger partial charge on any atom is 0.144 e. The molecule has 2 aromatic heterocycles. The molecule has 0 spiro atoms. The first-order valence-corrected chi connectivity index (χ1v) is 8.70. The van der Waals surface area contributed by atoms with Gasteiger partial charge in [-0.1, -0.05) is 20.8 Å². The van der Waals surface area contributed by atoms with Gasteiger partial charge in [-0.2, -0.15) is 0 Å². The second kappa shape index (κ2) is 6.40. The molecule has 2 heterocycles. The van der Waals surface area contributed by atoms with Gasteiger partial charge in [0.25, 0.3) is 0 Å². The van der Waals surface area contributed by atoms with Crippen molar-refractivity contribution in [2.75, 3.05) is 11.9 Å². The first-order valence-electron chi connectivity index (χ1n) is 7.03. The number of aryl methyl sites for hydroxylation is 1. The van der Waals surface area contributed by atoms with Gasteiger partial charge in [0.1, 0.15) is 11.6 Å². The quantitative estimate of drug-likeness (QED) is 0.872. The predicted octanol–water partition coefficient (Wildman–Crippen LogP) is 4.32. The van der Waals surface area contributed by atoms with Gasteiger partial charge in [-0.25, -0.2) is 15.0 Å². The highest BCUT2D eigenvalue weighted by atomic mass is 79.9. The van der Waals surface area contributed by atoms with Crippen LogP contribution < -0.4 is 5.32 Å². The summed E-state index contributed by atoms with van der Waals surface area (Å²) in [7, 11) is 0. The molecule has 2 rings (SSSR count). The van der Waals surface area contributed by atoms with E-state index >= 15 is 0 Å². The van der Waals surface area contributed by atoms with Gasteiger partial charge in [-0.05, 0) is 29.8 Å². The summed E-state index contributed by atoms with van der Waals surface area (Å²) in [5, 5.41) is 6.45. The highest BCUT2D eigenvalue weighted by Crippen LogP contribution is 2.32. The van der Waals surface area contributed by atoms with Crippen LogP contribution in [0.15, 0.2) is 9.85 Å². The Balaban J connectivity index is 2.43. The molecule has 0 atom stereocenters. The minimum Gasteiger partial charge on any atom is -0.369 e. The minimum absolute atomic E-state index is 0.0430. The zero-order valence-corrected chi connectivity index (χ0v) is 15.5. The number of thiazole rings is 1. The molecule has 0 aliphatic carbocycles. The van der Waals surface area contributed by atoms with Crippen LogP contribution in [0.3, 0.4) is 0 Å². The van der Waals surface area contributed by atoms with E-state index in [0.29, 0.717) is 6.42 Å². The molecule has 0 aliphatic rings. The van der Waals surface area contributed by atoms with Crippen molar-refractivity contribution < 1.29 is 0 Å². The van der Waals surface area contributed by atoms with Crippen molar-refractivity contribution in [2.45, 2.75) is 46.5 Å². The van der Waals surface area contributed by atoms with Gasteiger partial charge in [0.05, 0.1) is 27.3 Å². The van der Waals surface area contributed by atoms with E-state index in [0.717, 1.165) is 39.1 Å². The molecule has 0 unspecified atom stereocenters. The number of hydrogen-bond acceptors (Lipinski definition) is 5. The second-order valence-corrected chi connectivity index (χ2v) is 7.82. The van der Waals surface area contributed by atoms with Crippen LogP contribution in [-0.4, -0.2) is 21.5 Å². The number of anilines is 1. The van der Waals surface area contributed by atoms with Crippen molar-refractivity contribution in [1.29, 1.82) is 0 Å². The Morgan fingerprint density at radius 3 is 2.48 bits per heavy atom. The lowest BCUT2D eigenvalue weighted by molar-refractivity contribution is 0.559. The van der Waals surface area contributed by atoms with Gasteiger partial charge in [-0.15, -0.1) is 11.3 Å². The summed E-state index contributed by atoms with van der Waals surface area (Å²) in [6.45, 7) is 11.4. The third-order valence-electron chi connectivity index (χ3n) is 2.96. The van der Waals surface area contributed by atoms with Crippen LogP contribution in [0.1, 0.15) is 49.9 Å². The normalized spacial score (nSPS) is 11.7. The average Bonchev–Trinajstić information content (AvgIpc) is 2.77. The summed E-state index contributed by atoms with van der Waals surface area (Å²) in [6.07, 6.45) is 0.666. The van der Waals surface area contributed by atoms with Crippen LogP contribution in [-0.2, 0) is 11.8 Å². The molecule has 0 saturated heterocycles. The zero-order valence-electron chi connectivity index (χ0n) is 13.1. The predicted molar refractivity (Wildman–Crippen MR) is 92.3 cm³/mol. The molecule has 0 radical (unpaired) electrons. The van der Waals surface area contributed by atoms with E-state index in [4.69, 9.17) is 4.98 Å². The third-order valence-corrected chi connectivity index (χ3v) is 4.53. The molecule has 21 heavy (non-hydrogen) atoms. The molecule has 0 fully saturated rings. The Morgan fingerprint density at radius 2 is 1.95 bits per heavy atom. The van der Waals surface area contributed by atoms with Crippen molar-refractivity contribution in [1.82, 2.24) is 15.0 Å². The zero-order chi connectivity index (χ0) is 15.6. The largest absolute Gasteiger partial charge is 0.369 e. The van der Waals surface area contributed by atoms with E-state index in [9.17, 15) is 0 Å². The number of nitrogens with one attached hydrogen (secondary N) is 1. The van der Waals surface area contributed by atoms with Gasteiger partial charge >= 0.3 is 0 Å². The Morgan fingerprint density at radius 1 is 1.24 bits per heavy atom. The van der Waals surface area contributed by atoms with E-state index in [-0.39, 0.29) is 5.41 Å². The Labute approximate surface area is 138 Å². The van der Waals surface area contributed by atoms with Crippen LogP contribution in [0, 0.1) is 6.92 Å². The Kier molecular flexibility index (Phi) is 4.99. The molecule has 6 heteroatoms. The van der Waals surface area contributed by atoms with Crippen LogP contribution in [0.5, 0.6) is 0 Å². The van der Waals surface area contributed by atoms with Crippen LogP contribution in [0.25, 0.3) is 0 Å². The lowest BCUT2D eigenvalue weighted by Gasteiger charge is -2.22. The molecule has 0 saturated carbocycles. The topological polar surface area (TPSA) is 50.7 Å². The molecule has 0 aromatic carbocycles. The fourth-order valence-corrected chi connectivity index (χ4v) is 3.53. The molecule has 1 N–H and O–H groups in total. The van der Waals surface area contributed by atoms with Gasteiger partial charge in [0.15, 0.2) is 0 Å². The lowest BCUT2D eigenvalue weighted by atomic mass is 9.92. The summed E-state index contributed by atoms with van der Waals surface area (Å²) in [5.74, 6) is 1.67. The summed E-state index contributed by atoms with van der Waals surface area (Å²) >= 11 is 5.30. The highest BCUT2D eigenvalue weighted by molar-refractivity contribution is 9.10. The number of aromatic nitrogens is 3. The number of hydrogen-bond donors (Lipinski definition) is 1. The van der Waals surface area contributed by atoms with Gasteiger partial charge < -0.3 is 5.32 Å². The smallest absolute Gasteiger partial charge is 0.144 e. The molecular formula is C15H21BrN4S. The van der Waals surface area contributed by atoms with E-state index in [1.54, 1.807) is 11.3 Å². The molecule has 0 amide bonds. The third kappa shape index (κ3) is 4.01. The van der Waals surface area contributed by atoms with E-state index in [2.05, 4.69) is 64.3 Å². The van der Waals surface area contributed by atoms with E-state index < -0.39 is 0 Å². The SMILES string of the molecule is CCNc1nc(Cc2csc(C)n2)nc(C(C)(C)C)c1Br. The van der Waals surface area contributed by atoms with Gasteiger partial charge in [-0.3, -0.25) is 0 Å². The first kappa shape index (κ1) is 16.4. The standard InChI is InChI=1S/C15H21BrN4S/c1-6-17-14-12(16)13(15(3,4)5)19-11(20-14)7-10-8-21-9(2)18-10/h8H,6-7H2,1-5H3,(H,17,19,20). The maximum atomic E-state index is 4.76. The maximum absolute atomic E-state index is 4.76. The van der Waals surface area contributed by atoms with Crippen LogP contribution in [0.4, 0.5) is 5.82 Å². The molecule has 4 nitrogen and oxygen atoms in total. The van der Waals surface area contributed by atoms with Crippen molar-refractivity contribution >= 4 is 33.1 Å². The molecule has 0 bridgehead atoms. The molecule has 114 valence electrons. The summed E-state index contributed by atoms with van der Waals surface area (Å²) in [6, 6.07) is 0. The average molecular weight is 369 g/mol. The number of nitrogens with zero attached hydrogens (tertiary/aromatic N) is 3. The van der Waals surface area contributed by atoms with Crippen LogP contribution in [0.2, 0.25) is 0 Å². The van der Waals surface area contributed by atoms with Crippen molar-refractivity contribution in [3.05, 3.63) is 32.1 Å². The fraction of sp³-hybridized carbons (Fsp3) is 0.533. The van der Waals surface area contributed by atoms with Crippen molar-refractivity contribution in [3.63, 3.8) is 0 Å². The first-order chi connectivity index (χ1) is 9.81. The number of rotatable bonds is 4. The van der Waals surface area contributed by atoms with Gasteiger partial charge in [0.2, 0.25) is 0 Å². The van der Waals surface area contributed by atoms with E-state index in [1.165, 1.54) is 0 Å². The monoisotopic (exact) mass is 368 g/mol. The second-order valence-electron chi connectivity index (χ2n) is 5.97. The fourth-order valence-electron chi connectivity index (χ4n) is 2.01. The van der Waals surface area contributed by atoms with Crippen LogP contribution >= 0.6 is 27.3 Å². The van der Waals surface area contributed by atoms with Crippen molar-refractivity contribution in [2.24, 2.45) is 0 Å². The Hall–Kier alpha value is -1.01. The summed E-state index contributed by atoms with van der Waals surface area (Å²) < 4.78 is 0.954.